The summed E-state index contributed by atoms with van der Waals surface area (Å²) in [5.41, 5.74) is 1.49. The fourth-order valence-corrected chi connectivity index (χ4v) is 5.72. The molecule has 0 radical (unpaired) electrons. The molecule has 0 aliphatic carbocycles. The van der Waals surface area contributed by atoms with E-state index >= 15 is 0 Å². The van der Waals surface area contributed by atoms with Gasteiger partial charge in [-0.05, 0) is 0 Å². The molecule has 0 amide bonds. The third kappa shape index (κ3) is 5.34. The fraction of sp³-hybridized carbons (Fsp3) is 0.571. The molecular weight excluding hydrogens is 312 g/mol. The van der Waals surface area contributed by atoms with Gasteiger partial charge in [0, 0.05) is 0 Å². The SMILES string of the molecule is CCCC[Te]C(CCCO)c1ccccc1. The van der Waals surface area contributed by atoms with E-state index in [4.69, 9.17) is 5.11 Å². The van der Waals surface area contributed by atoms with E-state index in [1.807, 2.05) is 0 Å². The van der Waals surface area contributed by atoms with Crippen molar-refractivity contribution in [3.8, 4) is 0 Å². The van der Waals surface area contributed by atoms with E-state index in [1.54, 1.807) is 0 Å². The van der Waals surface area contributed by atoms with Crippen molar-refractivity contribution in [2.45, 2.75) is 41.0 Å². The van der Waals surface area contributed by atoms with Gasteiger partial charge in [-0.2, -0.15) is 0 Å². The van der Waals surface area contributed by atoms with Gasteiger partial charge in [0.15, 0.2) is 0 Å². The third-order valence-electron chi connectivity index (χ3n) is 2.61. The Hall–Kier alpha value is -0.0304. The first kappa shape index (κ1) is 14.0. The number of benzene rings is 1. The third-order valence-corrected chi connectivity index (χ3v) is 6.71. The van der Waals surface area contributed by atoms with Gasteiger partial charge in [-0.15, -0.1) is 0 Å². The van der Waals surface area contributed by atoms with Crippen LogP contribution in [0.5, 0.6) is 0 Å². The summed E-state index contributed by atoms with van der Waals surface area (Å²) in [5, 5.41) is 8.95. The number of hydrogen-bond acceptors (Lipinski definition) is 1. The van der Waals surface area contributed by atoms with Crippen LogP contribution in [0.25, 0.3) is 0 Å². The van der Waals surface area contributed by atoms with Crippen molar-refractivity contribution < 1.29 is 5.11 Å². The minimum absolute atomic E-state index is 0.0663. The number of unbranched alkanes of at least 4 members (excludes halogenated alkanes) is 1. The Bertz CT molecular complexity index is 261. The summed E-state index contributed by atoms with van der Waals surface area (Å²) in [5.74, 6) is 0. The minimum atomic E-state index is 0.0663. The first-order chi connectivity index (χ1) is 7.88. The molecular formula is C14H22OTe. The Labute approximate surface area is 109 Å². The van der Waals surface area contributed by atoms with Gasteiger partial charge >= 0.3 is 110 Å². The molecule has 0 heterocycles. The topological polar surface area (TPSA) is 20.2 Å². The zero-order chi connectivity index (χ0) is 11.6. The number of aliphatic hydroxyl groups is 1. The van der Waals surface area contributed by atoms with E-state index in [1.165, 1.54) is 29.3 Å². The van der Waals surface area contributed by atoms with Gasteiger partial charge in [-0.3, -0.25) is 0 Å². The molecule has 1 unspecified atom stereocenters. The Morgan fingerprint density at radius 2 is 1.94 bits per heavy atom. The Morgan fingerprint density at radius 3 is 2.56 bits per heavy atom. The molecule has 1 atom stereocenters. The maximum atomic E-state index is 8.95. The summed E-state index contributed by atoms with van der Waals surface area (Å²) in [6, 6.07) is 10.8. The number of rotatable bonds is 8. The molecule has 0 aromatic heterocycles. The second-order valence-corrected chi connectivity index (χ2v) is 7.73. The van der Waals surface area contributed by atoms with Gasteiger partial charge in [0.2, 0.25) is 0 Å². The molecule has 16 heavy (non-hydrogen) atoms. The summed E-state index contributed by atoms with van der Waals surface area (Å²) in [6.07, 6.45) is 4.82. The molecule has 0 saturated carbocycles. The van der Waals surface area contributed by atoms with E-state index in [2.05, 4.69) is 37.3 Å². The predicted molar refractivity (Wildman–Crippen MR) is 71.0 cm³/mol. The van der Waals surface area contributed by atoms with Crippen LogP contribution < -0.4 is 0 Å². The van der Waals surface area contributed by atoms with Crippen molar-refractivity contribution in [1.29, 1.82) is 0 Å². The van der Waals surface area contributed by atoms with Gasteiger partial charge in [0.1, 0.15) is 0 Å². The summed E-state index contributed by atoms with van der Waals surface area (Å²) < 4.78 is 2.21. The van der Waals surface area contributed by atoms with Crippen LogP contribution in [0.15, 0.2) is 30.3 Å². The average molecular weight is 334 g/mol. The van der Waals surface area contributed by atoms with Crippen LogP contribution in [0.4, 0.5) is 0 Å². The van der Waals surface area contributed by atoms with Crippen LogP contribution in [0.3, 0.4) is 0 Å². The van der Waals surface area contributed by atoms with Crippen LogP contribution in [0, 0.1) is 0 Å². The Balaban J connectivity index is 2.49. The van der Waals surface area contributed by atoms with Crippen molar-refractivity contribution in [2.75, 3.05) is 6.61 Å². The summed E-state index contributed by atoms with van der Waals surface area (Å²) >= 11 is 0.0663. The first-order valence-corrected chi connectivity index (χ1v) is 9.15. The molecule has 1 rings (SSSR count). The van der Waals surface area contributed by atoms with E-state index < -0.39 is 0 Å². The number of aliphatic hydroxyl groups excluding tert-OH is 1. The Morgan fingerprint density at radius 1 is 1.19 bits per heavy atom. The fourth-order valence-electron chi connectivity index (χ4n) is 1.66. The summed E-state index contributed by atoms with van der Waals surface area (Å²) in [6.45, 7) is 2.60. The van der Waals surface area contributed by atoms with E-state index in [0.29, 0.717) is 6.61 Å². The quantitative estimate of drug-likeness (QED) is 0.571. The van der Waals surface area contributed by atoms with Crippen LogP contribution >= 0.6 is 0 Å². The van der Waals surface area contributed by atoms with Crippen LogP contribution in [-0.4, -0.2) is 32.6 Å². The molecule has 0 bridgehead atoms. The molecule has 2 heteroatoms. The van der Waals surface area contributed by atoms with E-state index in [-0.39, 0.29) is 20.9 Å². The van der Waals surface area contributed by atoms with E-state index in [0.717, 1.165) is 10.4 Å². The molecule has 1 aromatic rings. The maximum absolute atomic E-state index is 8.95. The van der Waals surface area contributed by atoms with Crippen LogP contribution in [0.1, 0.15) is 42.1 Å². The van der Waals surface area contributed by atoms with Crippen LogP contribution in [-0.2, 0) is 0 Å². The molecule has 1 nitrogen and oxygen atoms in total. The average Bonchev–Trinajstić information content (AvgIpc) is 2.35. The van der Waals surface area contributed by atoms with Gasteiger partial charge in [0.25, 0.3) is 0 Å². The molecule has 90 valence electrons. The molecule has 0 fully saturated rings. The molecule has 0 aliphatic rings. The van der Waals surface area contributed by atoms with Crippen molar-refractivity contribution >= 4 is 20.9 Å². The van der Waals surface area contributed by atoms with Crippen molar-refractivity contribution in [1.82, 2.24) is 0 Å². The van der Waals surface area contributed by atoms with Crippen molar-refractivity contribution in [3.05, 3.63) is 35.9 Å². The van der Waals surface area contributed by atoms with Gasteiger partial charge in [0.05, 0.1) is 0 Å². The molecule has 1 aromatic carbocycles. The second kappa shape index (κ2) is 9.05. The standard InChI is InChI=1S/C14H22OTe/c1-2-3-12-16-14(10-7-11-15)13-8-5-4-6-9-13/h4-6,8-9,14-15H,2-3,7,10-12H2,1H3. The zero-order valence-electron chi connectivity index (χ0n) is 10.1. The number of hydrogen-bond donors (Lipinski definition) is 1. The van der Waals surface area contributed by atoms with Crippen molar-refractivity contribution in [2.24, 2.45) is 0 Å². The molecule has 0 aliphatic heterocycles. The molecule has 1 N–H and O–H groups in total. The van der Waals surface area contributed by atoms with Gasteiger partial charge in [-0.25, -0.2) is 0 Å². The monoisotopic (exact) mass is 336 g/mol. The summed E-state index contributed by atoms with van der Waals surface area (Å²) in [7, 11) is 0. The Kier molecular flexibility index (Phi) is 7.93. The van der Waals surface area contributed by atoms with E-state index in [9.17, 15) is 0 Å². The van der Waals surface area contributed by atoms with Gasteiger partial charge < -0.3 is 0 Å². The summed E-state index contributed by atoms with van der Waals surface area (Å²) in [4.78, 5) is 0. The first-order valence-electron chi connectivity index (χ1n) is 6.16. The van der Waals surface area contributed by atoms with Crippen LogP contribution in [0.2, 0.25) is 4.47 Å². The molecule has 0 spiro atoms. The second-order valence-electron chi connectivity index (χ2n) is 3.99. The van der Waals surface area contributed by atoms with Gasteiger partial charge in [-0.1, -0.05) is 0 Å². The molecule has 0 saturated heterocycles. The predicted octanol–water partition coefficient (Wildman–Crippen LogP) is 3.42. The zero-order valence-corrected chi connectivity index (χ0v) is 12.4. The van der Waals surface area contributed by atoms with Crippen molar-refractivity contribution in [3.63, 3.8) is 0 Å². The normalized spacial score (nSPS) is 12.6.